The number of aryl methyl sites for hydroxylation is 1. The molecule has 1 aliphatic rings. The molecule has 2 aromatic carbocycles. The fourth-order valence-corrected chi connectivity index (χ4v) is 3.85. The van der Waals surface area contributed by atoms with Crippen molar-refractivity contribution in [1.29, 1.82) is 0 Å². The number of carbonyl (C=O) groups is 1. The van der Waals surface area contributed by atoms with Gasteiger partial charge in [-0.15, -0.1) is 0 Å². The molecule has 5 heteroatoms. The van der Waals surface area contributed by atoms with Crippen molar-refractivity contribution in [1.82, 2.24) is 4.90 Å². The monoisotopic (exact) mass is 411 g/mol. The van der Waals surface area contributed by atoms with Gasteiger partial charge >= 0.3 is 5.97 Å². The molecule has 0 bridgehead atoms. The lowest BCUT2D eigenvalue weighted by Crippen LogP contribution is -2.40. The van der Waals surface area contributed by atoms with E-state index < -0.39 is 0 Å². The van der Waals surface area contributed by atoms with Gasteiger partial charge in [-0.25, -0.2) is 4.39 Å². The van der Waals surface area contributed by atoms with E-state index in [-0.39, 0.29) is 17.7 Å². The summed E-state index contributed by atoms with van der Waals surface area (Å²) in [5.74, 6) is -0.426. The van der Waals surface area contributed by atoms with Gasteiger partial charge in [-0.2, -0.15) is 0 Å². The van der Waals surface area contributed by atoms with Gasteiger partial charge in [0.1, 0.15) is 12.4 Å². The normalized spacial score (nSPS) is 17.6. The standard InChI is InChI=1S/C25H30FNO3/c1-3-30-25(28)21-10-7-13-27(17-21)14-15-29-18-24(20-9-6-11-22(26)16-20)23-12-5-4-8-19(23)2/h4-6,8-9,11-12,16,18,21H,3,7,10,13-15,17H2,1-2H3. The van der Waals surface area contributed by atoms with Crippen LogP contribution in [0, 0.1) is 18.7 Å². The van der Waals surface area contributed by atoms with Crippen LogP contribution in [-0.2, 0) is 14.3 Å². The quantitative estimate of drug-likeness (QED) is 0.355. The Morgan fingerprint density at radius 1 is 1.23 bits per heavy atom. The van der Waals surface area contributed by atoms with Gasteiger partial charge in [0.15, 0.2) is 0 Å². The first kappa shape index (κ1) is 22.0. The number of hydrogen-bond acceptors (Lipinski definition) is 4. The van der Waals surface area contributed by atoms with Crippen molar-refractivity contribution in [2.24, 2.45) is 5.92 Å². The van der Waals surface area contributed by atoms with E-state index in [0.717, 1.165) is 48.2 Å². The lowest BCUT2D eigenvalue weighted by molar-refractivity contribution is -0.150. The summed E-state index contributed by atoms with van der Waals surface area (Å²) in [7, 11) is 0. The maximum Gasteiger partial charge on any atom is 0.310 e. The fourth-order valence-electron chi connectivity index (χ4n) is 3.85. The van der Waals surface area contributed by atoms with E-state index >= 15 is 0 Å². The smallest absolute Gasteiger partial charge is 0.310 e. The average molecular weight is 412 g/mol. The minimum Gasteiger partial charge on any atom is -0.499 e. The molecule has 0 N–H and O–H groups in total. The molecule has 0 amide bonds. The predicted molar refractivity (Wildman–Crippen MR) is 116 cm³/mol. The highest BCUT2D eigenvalue weighted by Gasteiger charge is 2.26. The molecule has 1 saturated heterocycles. The Hall–Kier alpha value is -2.66. The molecule has 1 fully saturated rings. The summed E-state index contributed by atoms with van der Waals surface area (Å²) in [5, 5.41) is 0. The number of halogens is 1. The maximum absolute atomic E-state index is 13.8. The molecule has 2 aromatic rings. The third-order valence-electron chi connectivity index (χ3n) is 5.42. The van der Waals surface area contributed by atoms with Crippen LogP contribution in [0.2, 0.25) is 0 Å². The molecule has 1 heterocycles. The minimum atomic E-state index is -0.273. The number of carbonyl (C=O) groups excluding carboxylic acids is 1. The van der Waals surface area contributed by atoms with E-state index in [1.807, 2.05) is 44.2 Å². The Kier molecular flexibility index (Phi) is 8.03. The molecule has 4 nitrogen and oxygen atoms in total. The van der Waals surface area contributed by atoms with Crippen LogP contribution in [0.25, 0.3) is 5.57 Å². The third kappa shape index (κ3) is 5.92. The van der Waals surface area contributed by atoms with E-state index in [9.17, 15) is 9.18 Å². The van der Waals surface area contributed by atoms with Crippen LogP contribution in [0.5, 0.6) is 0 Å². The number of rotatable bonds is 8. The SMILES string of the molecule is CCOC(=O)C1CCCN(CCOC=C(c2cccc(F)c2)c2ccccc2C)C1. The summed E-state index contributed by atoms with van der Waals surface area (Å²) in [4.78, 5) is 14.3. The number of likely N-dealkylation sites (tertiary alicyclic amines) is 1. The second-order valence-corrected chi connectivity index (χ2v) is 7.62. The van der Waals surface area contributed by atoms with Gasteiger partial charge in [0.05, 0.1) is 18.8 Å². The Balaban J connectivity index is 1.65. The second kappa shape index (κ2) is 10.9. The summed E-state index contributed by atoms with van der Waals surface area (Å²) in [6, 6.07) is 14.6. The van der Waals surface area contributed by atoms with Gasteiger partial charge in [-0.3, -0.25) is 9.69 Å². The Morgan fingerprint density at radius 2 is 2.07 bits per heavy atom. The molecule has 0 spiro atoms. The second-order valence-electron chi connectivity index (χ2n) is 7.62. The average Bonchev–Trinajstić information content (AvgIpc) is 2.75. The van der Waals surface area contributed by atoms with Crippen molar-refractivity contribution < 1.29 is 18.7 Å². The molecule has 30 heavy (non-hydrogen) atoms. The van der Waals surface area contributed by atoms with Gasteiger partial charge in [-0.05, 0) is 62.1 Å². The molecule has 0 radical (unpaired) electrons. The molecule has 0 saturated carbocycles. The number of nitrogens with zero attached hydrogens (tertiary/aromatic N) is 1. The van der Waals surface area contributed by atoms with E-state index in [4.69, 9.17) is 9.47 Å². The van der Waals surface area contributed by atoms with Crippen molar-refractivity contribution in [2.75, 3.05) is 32.8 Å². The first-order chi connectivity index (χ1) is 14.6. The molecule has 1 unspecified atom stereocenters. The summed E-state index contributed by atoms with van der Waals surface area (Å²) in [5.41, 5.74) is 3.76. The molecular weight excluding hydrogens is 381 g/mol. The van der Waals surface area contributed by atoms with Crippen molar-refractivity contribution in [2.45, 2.75) is 26.7 Å². The van der Waals surface area contributed by atoms with Crippen molar-refractivity contribution in [3.8, 4) is 0 Å². The van der Waals surface area contributed by atoms with Crippen molar-refractivity contribution in [3.63, 3.8) is 0 Å². The molecular formula is C25H30FNO3. The Bertz CT molecular complexity index is 880. The van der Waals surface area contributed by atoms with Crippen LogP contribution in [0.1, 0.15) is 36.5 Å². The molecule has 1 aliphatic heterocycles. The van der Waals surface area contributed by atoms with Gasteiger partial charge in [0.2, 0.25) is 0 Å². The van der Waals surface area contributed by atoms with Crippen LogP contribution in [0.3, 0.4) is 0 Å². The van der Waals surface area contributed by atoms with E-state index in [2.05, 4.69) is 4.90 Å². The van der Waals surface area contributed by atoms with E-state index in [1.165, 1.54) is 12.1 Å². The Labute approximate surface area is 178 Å². The fraction of sp³-hybridized carbons (Fsp3) is 0.400. The number of esters is 1. The lowest BCUT2D eigenvalue weighted by Gasteiger charge is -2.31. The number of benzene rings is 2. The number of hydrogen-bond donors (Lipinski definition) is 0. The van der Waals surface area contributed by atoms with E-state index in [0.29, 0.717) is 19.8 Å². The van der Waals surface area contributed by atoms with Crippen LogP contribution in [-0.4, -0.2) is 43.7 Å². The van der Waals surface area contributed by atoms with Crippen LogP contribution in [0.4, 0.5) is 4.39 Å². The molecule has 160 valence electrons. The van der Waals surface area contributed by atoms with Gasteiger partial charge in [0.25, 0.3) is 0 Å². The molecule has 1 atom stereocenters. The predicted octanol–water partition coefficient (Wildman–Crippen LogP) is 4.82. The van der Waals surface area contributed by atoms with Crippen molar-refractivity contribution >= 4 is 11.5 Å². The van der Waals surface area contributed by atoms with Crippen LogP contribution >= 0.6 is 0 Å². The summed E-state index contributed by atoms with van der Waals surface area (Å²) < 4.78 is 24.9. The third-order valence-corrected chi connectivity index (χ3v) is 5.42. The number of ether oxygens (including phenoxy) is 2. The topological polar surface area (TPSA) is 38.8 Å². The molecule has 0 aromatic heterocycles. The first-order valence-corrected chi connectivity index (χ1v) is 10.6. The zero-order chi connectivity index (χ0) is 21.3. The summed E-state index contributed by atoms with van der Waals surface area (Å²) >= 11 is 0. The molecule has 0 aliphatic carbocycles. The summed E-state index contributed by atoms with van der Waals surface area (Å²) in [6.07, 6.45) is 3.59. The van der Waals surface area contributed by atoms with Gasteiger partial charge in [-0.1, -0.05) is 36.4 Å². The highest BCUT2D eigenvalue weighted by Crippen LogP contribution is 2.27. The van der Waals surface area contributed by atoms with Crippen LogP contribution in [0.15, 0.2) is 54.8 Å². The first-order valence-electron chi connectivity index (χ1n) is 10.6. The molecule has 3 rings (SSSR count). The zero-order valence-corrected chi connectivity index (χ0v) is 17.8. The van der Waals surface area contributed by atoms with Crippen LogP contribution < -0.4 is 0 Å². The minimum absolute atomic E-state index is 0.0518. The maximum atomic E-state index is 13.8. The van der Waals surface area contributed by atoms with Crippen molar-refractivity contribution in [3.05, 3.63) is 77.3 Å². The Morgan fingerprint density at radius 3 is 2.83 bits per heavy atom. The number of piperidine rings is 1. The highest BCUT2D eigenvalue weighted by atomic mass is 19.1. The highest BCUT2D eigenvalue weighted by molar-refractivity contribution is 5.80. The summed E-state index contributed by atoms with van der Waals surface area (Å²) in [6.45, 7) is 7.19. The van der Waals surface area contributed by atoms with Gasteiger partial charge in [0, 0.05) is 18.7 Å². The lowest BCUT2D eigenvalue weighted by atomic mass is 9.95. The zero-order valence-electron chi connectivity index (χ0n) is 17.8. The van der Waals surface area contributed by atoms with E-state index in [1.54, 1.807) is 12.3 Å². The largest absolute Gasteiger partial charge is 0.499 e. The van der Waals surface area contributed by atoms with Gasteiger partial charge < -0.3 is 9.47 Å².